The smallest absolute Gasteiger partial charge is 0.250 e. The molecule has 0 spiro atoms. The molecule has 1 aromatic carbocycles. The number of hydrogen-bond acceptors (Lipinski definition) is 4. The zero-order chi connectivity index (χ0) is 14.7. The molecule has 0 saturated carbocycles. The van der Waals surface area contributed by atoms with Crippen molar-refractivity contribution >= 4 is 34.8 Å². The molecule has 3 N–H and O–H groups in total. The van der Waals surface area contributed by atoms with Gasteiger partial charge in [0.05, 0.1) is 24.2 Å². The van der Waals surface area contributed by atoms with Crippen molar-refractivity contribution in [2.45, 2.75) is 6.42 Å². The number of amides is 1. The maximum Gasteiger partial charge on any atom is 0.250 e. The number of imidazole rings is 1. The van der Waals surface area contributed by atoms with E-state index in [2.05, 4.69) is 15.3 Å². The Bertz CT molecular complexity index is 688. The van der Waals surface area contributed by atoms with Crippen LogP contribution >= 0.6 is 12.2 Å². The van der Waals surface area contributed by atoms with Gasteiger partial charge in [0, 0.05) is 18.2 Å². The van der Waals surface area contributed by atoms with E-state index in [1.165, 1.54) is 0 Å². The van der Waals surface area contributed by atoms with E-state index in [9.17, 15) is 4.79 Å². The topological polar surface area (TPSA) is 79.1 Å². The largest absolute Gasteiger partial charge is 0.381 e. The summed E-state index contributed by atoms with van der Waals surface area (Å²) in [5.74, 6) is 0.247. The number of fused-ring (bicyclic) bond motifs is 1. The molecule has 2 aromatic rings. The van der Waals surface area contributed by atoms with Gasteiger partial charge in [-0.2, -0.15) is 0 Å². The summed E-state index contributed by atoms with van der Waals surface area (Å²) in [4.78, 5) is 17.9. The number of aromatic amines is 2. The minimum absolute atomic E-state index is 0.0532. The number of carbonyl (C=O) groups excluding carboxylic acids is 1. The molecule has 1 aromatic heterocycles. The number of anilines is 1. The maximum absolute atomic E-state index is 11.8. The van der Waals surface area contributed by atoms with Crippen LogP contribution in [0, 0.1) is 10.7 Å². The molecule has 112 valence electrons. The minimum Gasteiger partial charge on any atom is -0.381 e. The number of rotatable bonds is 5. The number of hydrogen-bond donors (Lipinski definition) is 3. The van der Waals surface area contributed by atoms with Gasteiger partial charge in [0.15, 0.2) is 4.77 Å². The quantitative estimate of drug-likeness (QED) is 0.740. The molecule has 1 aliphatic rings. The summed E-state index contributed by atoms with van der Waals surface area (Å²) in [6, 6.07) is 5.53. The van der Waals surface area contributed by atoms with Crippen molar-refractivity contribution in [3.8, 4) is 0 Å². The average molecular weight is 307 g/mol. The lowest BCUT2D eigenvalue weighted by Gasteiger charge is -2.09. The normalized spacial score (nSPS) is 18.2. The van der Waals surface area contributed by atoms with Crippen molar-refractivity contribution in [2.75, 3.05) is 31.7 Å². The van der Waals surface area contributed by atoms with Crippen molar-refractivity contribution in [1.82, 2.24) is 9.97 Å². The number of benzene rings is 1. The van der Waals surface area contributed by atoms with Crippen LogP contribution in [0.25, 0.3) is 11.0 Å². The molecular weight excluding hydrogens is 290 g/mol. The van der Waals surface area contributed by atoms with Crippen LogP contribution in [0.5, 0.6) is 0 Å². The first kappa shape index (κ1) is 14.2. The van der Waals surface area contributed by atoms with Crippen LogP contribution in [0.3, 0.4) is 0 Å². The summed E-state index contributed by atoms with van der Waals surface area (Å²) in [5.41, 5.74) is 2.49. The van der Waals surface area contributed by atoms with E-state index >= 15 is 0 Å². The van der Waals surface area contributed by atoms with Gasteiger partial charge < -0.3 is 24.8 Å². The summed E-state index contributed by atoms with van der Waals surface area (Å²) in [5, 5.41) is 2.81. The Hall–Kier alpha value is -1.70. The Kier molecular flexibility index (Phi) is 4.33. The maximum atomic E-state index is 11.8. The fourth-order valence-electron chi connectivity index (χ4n) is 2.34. The predicted octanol–water partition coefficient (Wildman–Crippen LogP) is 2.22. The number of ether oxygens (including phenoxy) is 2. The lowest BCUT2D eigenvalue weighted by Crippen LogP contribution is -2.20. The van der Waals surface area contributed by atoms with Gasteiger partial charge in [0.25, 0.3) is 0 Å². The Morgan fingerprint density at radius 1 is 1.43 bits per heavy atom. The third kappa shape index (κ3) is 3.69. The molecule has 0 aliphatic carbocycles. The van der Waals surface area contributed by atoms with Crippen molar-refractivity contribution in [1.29, 1.82) is 0 Å². The highest BCUT2D eigenvalue weighted by Crippen LogP contribution is 2.16. The summed E-state index contributed by atoms with van der Waals surface area (Å²) >= 11 is 5.03. The van der Waals surface area contributed by atoms with E-state index in [4.69, 9.17) is 21.7 Å². The Morgan fingerprint density at radius 3 is 3.10 bits per heavy atom. The number of nitrogens with one attached hydrogen (secondary N) is 3. The second-order valence-electron chi connectivity index (χ2n) is 5.13. The SMILES string of the molecule is O=C(COCC1CCOC1)Nc1ccc2[nH]c(=S)[nH]c2c1. The van der Waals surface area contributed by atoms with Crippen molar-refractivity contribution < 1.29 is 14.3 Å². The van der Waals surface area contributed by atoms with Gasteiger partial charge in [-0.15, -0.1) is 0 Å². The fourth-order valence-corrected chi connectivity index (χ4v) is 2.56. The number of aromatic nitrogens is 2. The molecule has 21 heavy (non-hydrogen) atoms. The molecule has 3 rings (SSSR count). The second kappa shape index (κ2) is 6.38. The predicted molar refractivity (Wildman–Crippen MR) is 81.9 cm³/mol. The lowest BCUT2D eigenvalue weighted by molar-refractivity contribution is -0.121. The van der Waals surface area contributed by atoms with Gasteiger partial charge in [-0.25, -0.2) is 0 Å². The Balaban J connectivity index is 1.51. The second-order valence-corrected chi connectivity index (χ2v) is 5.54. The molecule has 0 radical (unpaired) electrons. The van der Waals surface area contributed by atoms with E-state index in [0.29, 0.717) is 23.0 Å². The van der Waals surface area contributed by atoms with Gasteiger partial charge in [0.2, 0.25) is 5.91 Å². The van der Waals surface area contributed by atoms with E-state index in [1.54, 1.807) is 0 Å². The first-order valence-electron chi connectivity index (χ1n) is 6.88. The number of carbonyl (C=O) groups is 1. The highest BCUT2D eigenvalue weighted by Gasteiger charge is 2.16. The van der Waals surface area contributed by atoms with Crippen LogP contribution in [0.15, 0.2) is 18.2 Å². The minimum atomic E-state index is -0.164. The average Bonchev–Trinajstić information content (AvgIpc) is 3.06. The first-order valence-corrected chi connectivity index (χ1v) is 7.29. The van der Waals surface area contributed by atoms with E-state index in [-0.39, 0.29) is 12.5 Å². The van der Waals surface area contributed by atoms with E-state index in [0.717, 1.165) is 30.7 Å². The van der Waals surface area contributed by atoms with Crippen molar-refractivity contribution in [2.24, 2.45) is 5.92 Å². The molecule has 6 nitrogen and oxygen atoms in total. The summed E-state index contributed by atoms with van der Waals surface area (Å²) in [6.07, 6.45) is 1.00. The molecule has 1 saturated heterocycles. The van der Waals surface area contributed by atoms with Crippen LogP contribution in [0.4, 0.5) is 5.69 Å². The van der Waals surface area contributed by atoms with E-state index in [1.807, 2.05) is 18.2 Å². The van der Waals surface area contributed by atoms with E-state index < -0.39 is 0 Å². The third-order valence-corrected chi connectivity index (χ3v) is 3.61. The van der Waals surface area contributed by atoms with Gasteiger partial charge in [-0.1, -0.05) is 0 Å². The fraction of sp³-hybridized carbons (Fsp3) is 0.429. The van der Waals surface area contributed by atoms with Gasteiger partial charge in [-0.3, -0.25) is 4.79 Å². The highest BCUT2D eigenvalue weighted by molar-refractivity contribution is 7.71. The molecule has 1 fully saturated rings. The molecule has 0 bridgehead atoms. The van der Waals surface area contributed by atoms with Crippen LogP contribution in [-0.4, -0.2) is 42.3 Å². The summed E-state index contributed by atoms with van der Waals surface area (Å²) in [7, 11) is 0. The van der Waals surface area contributed by atoms with Crippen LogP contribution < -0.4 is 5.32 Å². The third-order valence-electron chi connectivity index (χ3n) is 3.41. The van der Waals surface area contributed by atoms with Crippen LogP contribution in [-0.2, 0) is 14.3 Å². The standard InChI is InChI=1S/C14H17N3O3S/c18-13(8-20-7-9-3-4-19-6-9)15-10-1-2-11-12(5-10)17-14(21)16-11/h1-2,5,9H,3-4,6-8H2,(H,15,18)(H2,16,17,21). The molecule has 1 amide bonds. The molecule has 2 heterocycles. The first-order chi connectivity index (χ1) is 10.2. The zero-order valence-electron chi connectivity index (χ0n) is 11.5. The van der Waals surface area contributed by atoms with Gasteiger partial charge >= 0.3 is 0 Å². The Labute approximate surface area is 126 Å². The van der Waals surface area contributed by atoms with Crippen LogP contribution in [0.2, 0.25) is 0 Å². The molecule has 1 unspecified atom stereocenters. The molecule has 1 atom stereocenters. The molecule has 7 heteroatoms. The highest BCUT2D eigenvalue weighted by atomic mass is 32.1. The Morgan fingerprint density at radius 2 is 2.29 bits per heavy atom. The summed E-state index contributed by atoms with van der Waals surface area (Å²) < 4.78 is 11.2. The van der Waals surface area contributed by atoms with Crippen molar-refractivity contribution in [3.63, 3.8) is 0 Å². The molecular formula is C14H17N3O3S. The monoisotopic (exact) mass is 307 g/mol. The van der Waals surface area contributed by atoms with Crippen LogP contribution in [0.1, 0.15) is 6.42 Å². The lowest BCUT2D eigenvalue weighted by atomic mass is 10.1. The van der Waals surface area contributed by atoms with Gasteiger partial charge in [0.1, 0.15) is 6.61 Å². The summed E-state index contributed by atoms with van der Waals surface area (Å²) in [6.45, 7) is 2.14. The van der Waals surface area contributed by atoms with Crippen molar-refractivity contribution in [3.05, 3.63) is 23.0 Å². The van der Waals surface area contributed by atoms with Gasteiger partial charge in [-0.05, 0) is 36.8 Å². The molecule has 1 aliphatic heterocycles. The number of H-pyrrole nitrogens is 2. The zero-order valence-corrected chi connectivity index (χ0v) is 12.3.